The quantitative estimate of drug-likeness (QED) is 0.0736. The van der Waals surface area contributed by atoms with Crippen molar-refractivity contribution in [2.75, 3.05) is 185 Å². The maximum absolute atomic E-state index is 11.7. The van der Waals surface area contributed by atoms with E-state index in [0.29, 0.717) is 172 Å². The zero-order chi connectivity index (χ0) is 39.4. The summed E-state index contributed by atoms with van der Waals surface area (Å²) in [7, 11) is 1.31. The van der Waals surface area contributed by atoms with Crippen LogP contribution in [0.3, 0.4) is 0 Å². The molecule has 0 aromatic heterocycles. The molecule has 0 saturated carbocycles. The molecular formula is C37H65NO17. The van der Waals surface area contributed by atoms with Gasteiger partial charge >= 0.3 is 12.1 Å². The van der Waals surface area contributed by atoms with Gasteiger partial charge in [-0.2, -0.15) is 0 Å². The van der Waals surface area contributed by atoms with Gasteiger partial charge in [-0.1, -0.05) is 30.3 Å². The van der Waals surface area contributed by atoms with E-state index in [2.05, 4.69) is 10.1 Å². The smallest absolute Gasteiger partial charge is 0.407 e. The summed E-state index contributed by atoms with van der Waals surface area (Å²) in [5.74, 6) is -0.412. The second kappa shape index (κ2) is 42.6. The summed E-state index contributed by atoms with van der Waals surface area (Å²) in [6.07, 6.45) is -0.474. The maximum atomic E-state index is 11.7. The van der Waals surface area contributed by atoms with Crippen molar-refractivity contribution in [1.29, 1.82) is 0 Å². The highest BCUT2D eigenvalue weighted by Crippen LogP contribution is 2.00. The first-order valence-corrected chi connectivity index (χ1v) is 18.7. The minimum atomic E-state index is -0.474. The molecule has 18 heteroatoms. The van der Waals surface area contributed by atoms with E-state index in [4.69, 9.17) is 66.3 Å². The van der Waals surface area contributed by atoms with E-state index < -0.39 is 12.1 Å². The zero-order valence-electron chi connectivity index (χ0n) is 32.6. The lowest BCUT2D eigenvalue weighted by molar-refractivity contribution is -0.146. The minimum absolute atomic E-state index is 0.0762. The van der Waals surface area contributed by atoms with Gasteiger partial charge in [0.2, 0.25) is 0 Å². The average Bonchev–Trinajstić information content (AvgIpc) is 3.20. The number of benzene rings is 1. The van der Waals surface area contributed by atoms with Gasteiger partial charge < -0.3 is 76.4 Å². The van der Waals surface area contributed by atoms with Gasteiger partial charge in [-0.05, 0) is 5.56 Å². The van der Waals surface area contributed by atoms with E-state index in [1.807, 2.05) is 30.3 Å². The number of methoxy groups -OCH3 is 1. The van der Waals surface area contributed by atoms with E-state index in [9.17, 15) is 9.59 Å². The molecule has 1 aromatic carbocycles. The standard InChI is InChI=1S/C37H65NO17/c1-41-36(39)34-54-32-31-53-30-29-52-28-27-51-26-25-50-24-23-49-22-21-48-20-19-47-18-17-46-16-15-45-14-13-44-12-11-43-10-9-42-8-7-38-37(40)55-33-35-5-3-2-4-6-35/h2-6H,7-34H2,1H3,(H,38,40). The van der Waals surface area contributed by atoms with Crippen molar-refractivity contribution >= 4 is 12.1 Å². The number of rotatable bonds is 43. The Balaban J connectivity index is 1.62. The van der Waals surface area contributed by atoms with Crippen LogP contribution in [-0.2, 0) is 82.5 Å². The minimum Gasteiger partial charge on any atom is -0.467 e. The molecule has 0 atom stereocenters. The molecule has 1 rings (SSSR count). The van der Waals surface area contributed by atoms with Gasteiger partial charge in [-0.25, -0.2) is 9.59 Å². The van der Waals surface area contributed by atoms with Crippen molar-refractivity contribution in [3.8, 4) is 0 Å². The lowest BCUT2D eigenvalue weighted by Gasteiger charge is -2.09. The zero-order valence-corrected chi connectivity index (χ0v) is 32.6. The number of hydrogen-bond acceptors (Lipinski definition) is 17. The summed E-state index contributed by atoms with van der Waals surface area (Å²) in [4.78, 5) is 22.5. The molecule has 18 nitrogen and oxygen atoms in total. The van der Waals surface area contributed by atoms with E-state index in [-0.39, 0.29) is 13.2 Å². The Bertz CT molecular complexity index is 950. The number of ether oxygens (including phenoxy) is 15. The number of nitrogens with one attached hydrogen (secondary N) is 1. The van der Waals surface area contributed by atoms with Crippen LogP contribution in [0.1, 0.15) is 5.56 Å². The predicted molar refractivity (Wildman–Crippen MR) is 197 cm³/mol. The maximum Gasteiger partial charge on any atom is 0.407 e. The van der Waals surface area contributed by atoms with Crippen LogP contribution in [0.4, 0.5) is 4.79 Å². The molecule has 0 spiro atoms. The van der Waals surface area contributed by atoms with Crippen molar-refractivity contribution in [3.05, 3.63) is 35.9 Å². The molecule has 0 radical (unpaired) electrons. The van der Waals surface area contributed by atoms with Gasteiger partial charge in [0, 0.05) is 6.54 Å². The summed E-state index contributed by atoms with van der Waals surface area (Å²) < 4.78 is 80.0. The molecule has 1 aromatic rings. The predicted octanol–water partition coefficient (Wildman–Crippen LogP) is 1.30. The fourth-order valence-corrected chi connectivity index (χ4v) is 3.85. The van der Waals surface area contributed by atoms with Crippen LogP contribution in [0.15, 0.2) is 30.3 Å². The third kappa shape index (κ3) is 39.5. The molecular weight excluding hydrogens is 730 g/mol. The number of carbonyl (C=O) groups is 2. The highest BCUT2D eigenvalue weighted by molar-refractivity contribution is 5.70. The summed E-state index contributed by atoms with van der Waals surface area (Å²) in [5.41, 5.74) is 0.933. The molecule has 0 aliphatic heterocycles. The highest BCUT2D eigenvalue weighted by Gasteiger charge is 2.02. The lowest BCUT2D eigenvalue weighted by atomic mass is 10.2. The molecule has 0 bridgehead atoms. The Labute approximate surface area is 325 Å². The van der Waals surface area contributed by atoms with Crippen molar-refractivity contribution < 1.29 is 80.6 Å². The molecule has 0 fully saturated rings. The molecule has 320 valence electrons. The first kappa shape index (κ1) is 50.5. The first-order chi connectivity index (χ1) is 27.2. The Morgan fingerprint density at radius 3 is 1.02 bits per heavy atom. The molecule has 0 heterocycles. The van der Waals surface area contributed by atoms with Gasteiger partial charge in [0.15, 0.2) is 0 Å². The van der Waals surface area contributed by atoms with E-state index in [1.54, 1.807) is 0 Å². The number of alkyl carbamates (subject to hydrolysis) is 1. The van der Waals surface area contributed by atoms with Gasteiger partial charge in [-0.15, -0.1) is 0 Å². The highest BCUT2D eigenvalue weighted by atomic mass is 16.6. The monoisotopic (exact) mass is 795 g/mol. The Kier molecular flexibility index (Phi) is 39.1. The van der Waals surface area contributed by atoms with E-state index >= 15 is 0 Å². The Hall–Kier alpha value is -2.56. The molecule has 0 unspecified atom stereocenters. The van der Waals surface area contributed by atoms with Crippen LogP contribution in [-0.4, -0.2) is 197 Å². The van der Waals surface area contributed by atoms with Gasteiger partial charge in [0.25, 0.3) is 0 Å². The van der Waals surface area contributed by atoms with Crippen molar-refractivity contribution in [1.82, 2.24) is 5.32 Å². The topological polar surface area (TPSA) is 185 Å². The third-order valence-corrected chi connectivity index (χ3v) is 6.64. The fourth-order valence-electron chi connectivity index (χ4n) is 3.85. The van der Waals surface area contributed by atoms with Gasteiger partial charge in [-0.3, -0.25) is 0 Å². The Morgan fingerprint density at radius 2 is 0.709 bits per heavy atom. The second-order valence-electron chi connectivity index (χ2n) is 11.0. The largest absolute Gasteiger partial charge is 0.467 e. The summed E-state index contributed by atoms with van der Waals surface area (Å²) in [6.45, 7) is 11.9. The summed E-state index contributed by atoms with van der Waals surface area (Å²) in [6, 6.07) is 9.49. The van der Waals surface area contributed by atoms with Crippen LogP contribution >= 0.6 is 0 Å². The van der Waals surface area contributed by atoms with E-state index in [1.165, 1.54) is 7.11 Å². The molecule has 1 N–H and O–H groups in total. The van der Waals surface area contributed by atoms with Crippen molar-refractivity contribution in [2.24, 2.45) is 0 Å². The van der Waals surface area contributed by atoms with Crippen LogP contribution in [0.2, 0.25) is 0 Å². The number of amides is 1. The summed E-state index contributed by atoms with van der Waals surface area (Å²) in [5, 5.41) is 2.64. The number of esters is 1. The molecule has 1 amide bonds. The number of carbonyl (C=O) groups excluding carboxylic acids is 2. The van der Waals surface area contributed by atoms with Crippen molar-refractivity contribution in [2.45, 2.75) is 6.61 Å². The molecule has 0 aliphatic carbocycles. The molecule has 55 heavy (non-hydrogen) atoms. The Morgan fingerprint density at radius 1 is 0.418 bits per heavy atom. The molecule has 0 aliphatic rings. The lowest BCUT2D eigenvalue weighted by Crippen LogP contribution is -2.28. The summed E-state index contributed by atoms with van der Waals surface area (Å²) >= 11 is 0. The van der Waals surface area contributed by atoms with Crippen LogP contribution in [0.5, 0.6) is 0 Å². The van der Waals surface area contributed by atoms with E-state index in [0.717, 1.165) is 5.56 Å². The van der Waals surface area contributed by atoms with Gasteiger partial charge in [0.1, 0.15) is 13.2 Å². The second-order valence-corrected chi connectivity index (χ2v) is 11.0. The van der Waals surface area contributed by atoms with Crippen molar-refractivity contribution in [3.63, 3.8) is 0 Å². The normalized spacial score (nSPS) is 11.2. The average molecular weight is 796 g/mol. The fraction of sp³-hybridized carbons (Fsp3) is 0.784. The van der Waals surface area contributed by atoms with Gasteiger partial charge in [0.05, 0.1) is 172 Å². The SMILES string of the molecule is COC(=O)COCCOCCOCCOCCOCCOCCOCCOCCOCCOCCOCCOCCOCCNC(=O)OCc1ccccc1. The third-order valence-electron chi connectivity index (χ3n) is 6.64. The van der Waals surface area contributed by atoms with Crippen LogP contribution in [0.25, 0.3) is 0 Å². The number of hydrogen-bond donors (Lipinski definition) is 1. The first-order valence-electron chi connectivity index (χ1n) is 18.7. The van der Waals surface area contributed by atoms with Crippen LogP contribution < -0.4 is 5.32 Å². The molecule has 0 saturated heterocycles. The van der Waals surface area contributed by atoms with Crippen LogP contribution in [0, 0.1) is 0 Å².